The molecule has 5 nitrogen and oxygen atoms in total. The maximum Gasteiger partial charge on any atom is 0.267 e. The van der Waals surface area contributed by atoms with Gasteiger partial charge in [-0.3, -0.25) is 14.2 Å². The molecule has 0 aliphatic carbocycles. The van der Waals surface area contributed by atoms with Crippen LogP contribution >= 0.6 is 23.1 Å². The SMILES string of the molecule is CCc1sc2nc(SCC(=O)N3[C@H](C)CCC[C@@H]3C)n(-c3ccc(C)cc3)c(=O)c2c1C. The minimum absolute atomic E-state index is 0.0537. The molecule has 0 N–H and O–H groups in total. The van der Waals surface area contributed by atoms with Crippen LogP contribution in [-0.2, 0) is 11.2 Å². The third-order valence-electron chi connectivity index (χ3n) is 6.45. The molecule has 4 rings (SSSR count). The van der Waals surface area contributed by atoms with Crippen LogP contribution in [0.3, 0.4) is 0 Å². The number of nitrogens with zero attached hydrogens (tertiary/aromatic N) is 3. The summed E-state index contributed by atoms with van der Waals surface area (Å²) in [5.41, 5.74) is 2.89. The number of thiophene rings is 1. The Morgan fingerprint density at radius 3 is 2.44 bits per heavy atom. The van der Waals surface area contributed by atoms with E-state index in [1.807, 2.05) is 43.0 Å². The van der Waals surface area contributed by atoms with Crippen molar-refractivity contribution >= 4 is 39.2 Å². The van der Waals surface area contributed by atoms with Crippen molar-refractivity contribution in [2.45, 2.75) is 77.5 Å². The molecule has 0 saturated carbocycles. The van der Waals surface area contributed by atoms with Gasteiger partial charge in [0.1, 0.15) is 4.83 Å². The summed E-state index contributed by atoms with van der Waals surface area (Å²) in [6, 6.07) is 8.42. The predicted molar refractivity (Wildman–Crippen MR) is 134 cm³/mol. The van der Waals surface area contributed by atoms with Crippen LogP contribution in [0.2, 0.25) is 0 Å². The Balaban J connectivity index is 1.75. The van der Waals surface area contributed by atoms with Crippen LogP contribution in [0.1, 0.15) is 56.0 Å². The zero-order valence-electron chi connectivity index (χ0n) is 19.5. The molecule has 3 aromatic rings. The number of thioether (sulfide) groups is 1. The lowest BCUT2D eigenvalue weighted by molar-refractivity contribution is -0.134. The highest BCUT2D eigenvalue weighted by Gasteiger charge is 2.29. The number of aromatic nitrogens is 2. The van der Waals surface area contributed by atoms with Crippen molar-refractivity contribution in [3.63, 3.8) is 0 Å². The zero-order chi connectivity index (χ0) is 23.0. The molecule has 2 aromatic heterocycles. The first-order chi connectivity index (χ1) is 15.3. The number of benzene rings is 1. The van der Waals surface area contributed by atoms with Crippen molar-refractivity contribution in [2.24, 2.45) is 0 Å². The van der Waals surface area contributed by atoms with E-state index in [-0.39, 0.29) is 29.3 Å². The van der Waals surface area contributed by atoms with Crippen molar-refractivity contribution < 1.29 is 4.79 Å². The van der Waals surface area contributed by atoms with Gasteiger partial charge in [-0.2, -0.15) is 0 Å². The standard InChI is InChI=1S/C25H31N3O2S2/c1-6-20-18(5)22-23(32-20)26-25(28(24(22)30)19-12-10-15(2)11-13-19)31-14-21(29)27-16(3)8-7-9-17(27)4/h10-13,16-17H,6-9,14H2,1-5H3/t16-,17+. The van der Waals surface area contributed by atoms with Gasteiger partial charge in [-0.15, -0.1) is 11.3 Å². The third kappa shape index (κ3) is 4.25. The molecule has 1 fully saturated rings. The number of aryl methyl sites for hydroxylation is 3. The van der Waals surface area contributed by atoms with E-state index in [4.69, 9.17) is 4.98 Å². The van der Waals surface area contributed by atoms with Gasteiger partial charge in [0.2, 0.25) is 5.91 Å². The van der Waals surface area contributed by atoms with Gasteiger partial charge in [-0.05, 0) is 71.1 Å². The van der Waals surface area contributed by atoms with E-state index < -0.39 is 0 Å². The van der Waals surface area contributed by atoms with Crippen LogP contribution in [0.5, 0.6) is 0 Å². The fourth-order valence-corrected chi connectivity index (χ4v) is 6.72. The number of fused-ring (bicyclic) bond motifs is 1. The molecule has 1 aliphatic heterocycles. The van der Waals surface area contributed by atoms with Crippen LogP contribution in [0.15, 0.2) is 34.2 Å². The first kappa shape index (κ1) is 23.1. The van der Waals surface area contributed by atoms with E-state index >= 15 is 0 Å². The highest BCUT2D eigenvalue weighted by atomic mass is 32.2. The summed E-state index contributed by atoms with van der Waals surface area (Å²) in [6.07, 6.45) is 4.14. The molecule has 0 unspecified atom stereocenters. The molecule has 0 spiro atoms. The molecule has 2 atom stereocenters. The van der Waals surface area contributed by atoms with Gasteiger partial charge >= 0.3 is 0 Å². The average molecular weight is 470 g/mol. The van der Waals surface area contributed by atoms with Gasteiger partial charge < -0.3 is 4.90 Å². The Bertz CT molecular complexity index is 1190. The number of likely N-dealkylation sites (tertiary alicyclic amines) is 1. The highest BCUT2D eigenvalue weighted by Crippen LogP contribution is 2.31. The molecule has 32 heavy (non-hydrogen) atoms. The van der Waals surface area contributed by atoms with Gasteiger partial charge in [0.05, 0.1) is 16.8 Å². The number of hydrogen-bond donors (Lipinski definition) is 0. The Morgan fingerprint density at radius 2 is 1.81 bits per heavy atom. The fraction of sp³-hybridized carbons (Fsp3) is 0.480. The average Bonchev–Trinajstić information content (AvgIpc) is 3.09. The van der Waals surface area contributed by atoms with E-state index in [0.717, 1.165) is 40.9 Å². The zero-order valence-corrected chi connectivity index (χ0v) is 21.1. The summed E-state index contributed by atoms with van der Waals surface area (Å²) in [7, 11) is 0. The first-order valence-corrected chi connectivity index (χ1v) is 13.2. The summed E-state index contributed by atoms with van der Waals surface area (Å²) in [4.78, 5) is 35.7. The van der Waals surface area contributed by atoms with Gasteiger partial charge in [0.15, 0.2) is 5.16 Å². The van der Waals surface area contributed by atoms with Gasteiger partial charge in [0, 0.05) is 17.0 Å². The lowest BCUT2D eigenvalue weighted by Crippen LogP contribution is -2.48. The topological polar surface area (TPSA) is 55.2 Å². The van der Waals surface area contributed by atoms with Gasteiger partial charge in [-0.25, -0.2) is 4.98 Å². The monoisotopic (exact) mass is 469 g/mol. The molecular formula is C25H31N3O2S2. The number of piperidine rings is 1. The maximum atomic E-state index is 13.7. The van der Waals surface area contributed by atoms with Gasteiger partial charge in [-0.1, -0.05) is 36.4 Å². The molecule has 1 amide bonds. The molecule has 0 radical (unpaired) electrons. The highest BCUT2D eigenvalue weighted by molar-refractivity contribution is 7.99. The normalized spacial score (nSPS) is 19.0. The number of carbonyl (C=O) groups is 1. The Kier molecular flexibility index (Phi) is 6.77. The Labute approximate surface area is 197 Å². The second kappa shape index (κ2) is 9.40. The van der Waals surface area contributed by atoms with Gasteiger partial charge in [0.25, 0.3) is 5.56 Å². The number of hydrogen-bond acceptors (Lipinski definition) is 5. The van der Waals surface area contributed by atoms with Crippen molar-refractivity contribution in [1.82, 2.24) is 14.5 Å². The maximum absolute atomic E-state index is 13.7. The van der Waals surface area contributed by atoms with Crippen LogP contribution < -0.4 is 5.56 Å². The van der Waals surface area contributed by atoms with Crippen molar-refractivity contribution in [1.29, 1.82) is 0 Å². The molecule has 170 valence electrons. The predicted octanol–water partition coefficient (Wildman–Crippen LogP) is 5.51. The Hall–Kier alpha value is -2.12. The van der Waals surface area contributed by atoms with E-state index in [1.165, 1.54) is 23.1 Å². The minimum Gasteiger partial charge on any atom is -0.337 e. The molecule has 1 aliphatic rings. The van der Waals surface area contributed by atoms with Crippen molar-refractivity contribution in [3.05, 3.63) is 50.6 Å². The Morgan fingerprint density at radius 1 is 1.16 bits per heavy atom. The van der Waals surface area contributed by atoms with E-state index in [0.29, 0.717) is 10.5 Å². The minimum atomic E-state index is -0.0537. The van der Waals surface area contributed by atoms with E-state index in [9.17, 15) is 9.59 Å². The fourth-order valence-electron chi connectivity index (χ4n) is 4.68. The molecule has 7 heteroatoms. The molecule has 0 bridgehead atoms. The van der Waals surface area contributed by atoms with E-state index in [2.05, 4.69) is 20.8 Å². The lowest BCUT2D eigenvalue weighted by atomic mass is 9.98. The summed E-state index contributed by atoms with van der Waals surface area (Å²) in [5.74, 6) is 0.403. The lowest BCUT2D eigenvalue weighted by Gasteiger charge is -2.39. The second-order valence-corrected chi connectivity index (χ2v) is 10.8. The molecule has 1 aromatic carbocycles. The molecule has 3 heterocycles. The quantitative estimate of drug-likeness (QED) is 0.365. The van der Waals surface area contributed by atoms with Crippen LogP contribution in [-0.4, -0.2) is 38.2 Å². The van der Waals surface area contributed by atoms with Crippen LogP contribution in [0.25, 0.3) is 15.9 Å². The van der Waals surface area contributed by atoms with Crippen LogP contribution in [0.4, 0.5) is 0 Å². The number of amides is 1. The van der Waals surface area contributed by atoms with Crippen molar-refractivity contribution in [3.8, 4) is 5.69 Å². The number of carbonyl (C=O) groups excluding carboxylic acids is 1. The van der Waals surface area contributed by atoms with E-state index in [1.54, 1.807) is 15.9 Å². The summed E-state index contributed by atoms with van der Waals surface area (Å²) < 4.78 is 1.68. The molecular weight excluding hydrogens is 438 g/mol. The first-order valence-electron chi connectivity index (χ1n) is 11.4. The second-order valence-electron chi connectivity index (χ2n) is 8.77. The third-order valence-corrected chi connectivity index (χ3v) is 8.71. The van der Waals surface area contributed by atoms with Crippen LogP contribution in [0, 0.1) is 13.8 Å². The largest absolute Gasteiger partial charge is 0.337 e. The smallest absolute Gasteiger partial charge is 0.267 e. The summed E-state index contributed by atoms with van der Waals surface area (Å²) in [5, 5.41) is 1.28. The number of rotatable bonds is 5. The summed E-state index contributed by atoms with van der Waals surface area (Å²) in [6.45, 7) is 10.4. The summed E-state index contributed by atoms with van der Waals surface area (Å²) >= 11 is 2.96. The molecule has 1 saturated heterocycles. The van der Waals surface area contributed by atoms with Crippen molar-refractivity contribution in [2.75, 3.05) is 5.75 Å².